The minimum atomic E-state index is -0.678. The van der Waals surface area contributed by atoms with Gasteiger partial charge in [0, 0.05) is 44.2 Å². The van der Waals surface area contributed by atoms with Crippen LogP contribution in [0.15, 0.2) is 40.9 Å². The number of anilines is 2. The normalized spacial score (nSPS) is 13.7. The van der Waals surface area contributed by atoms with Gasteiger partial charge >= 0.3 is 0 Å². The lowest BCUT2D eigenvalue weighted by Crippen LogP contribution is -2.47. The maximum atomic E-state index is 13.8. The molecule has 0 aliphatic heterocycles. The van der Waals surface area contributed by atoms with Crippen molar-refractivity contribution in [3.8, 4) is 0 Å². The monoisotopic (exact) mass is 525 g/mol. The van der Waals surface area contributed by atoms with Crippen molar-refractivity contribution in [3.63, 3.8) is 0 Å². The average molecular weight is 526 g/mol. The van der Waals surface area contributed by atoms with Gasteiger partial charge in [-0.3, -0.25) is 24.2 Å². The van der Waals surface area contributed by atoms with E-state index in [-0.39, 0.29) is 40.6 Å². The molecule has 4 amide bonds. The molecule has 0 saturated heterocycles. The molecule has 3 aromatic rings. The Morgan fingerprint density at radius 3 is 2.43 bits per heavy atom. The number of amides is 4. The first-order chi connectivity index (χ1) is 17.7. The molecule has 0 atom stereocenters. The molecule has 1 aromatic carbocycles. The molecule has 194 valence electrons. The molecule has 11 heteroatoms. The van der Waals surface area contributed by atoms with E-state index >= 15 is 0 Å². The Morgan fingerprint density at radius 2 is 1.81 bits per heavy atom. The Morgan fingerprint density at radius 1 is 1.08 bits per heavy atom. The van der Waals surface area contributed by atoms with Crippen LogP contribution in [-0.4, -0.2) is 60.2 Å². The second kappa shape index (κ2) is 11.0. The maximum Gasteiger partial charge on any atom is 0.294 e. The number of benzene rings is 1. The van der Waals surface area contributed by atoms with Gasteiger partial charge < -0.3 is 14.6 Å². The third-order valence-electron chi connectivity index (χ3n) is 6.33. The molecule has 2 heterocycles. The lowest BCUT2D eigenvalue weighted by Gasteiger charge is -2.33. The highest BCUT2D eigenvalue weighted by Crippen LogP contribution is 2.38. The van der Waals surface area contributed by atoms with E-state index in [1.54, 1.807) is 38.4 Å². The smallest absolute Gasteiger partial charge is 0.294 e. The Hall–Kier alpha value is -3.92. The molecule has 1 aliphatic rings. The lowest BCUT2D eigenvalue weighted by molar-refractivity contribution is -0.130. The van der Waals surface area contributed by atoms with E-state index in [1.807, 2.05) is 0 Å². The number of pyridine rings is 1. The summed E-state index contributed by atoms with van der Waals surface area (Å²) in [5, 5.41) is 5.68. The Bertz CT molecular complexity index is 1330. The van der Waals surface area contributed by atoms with Crippen LogP contribution in [0.2, 0.25) is 5.02 Å². The quantitative estimate of drug-likeness (QED) is 0.362. The minimum absolute atomic E-state index is 0.0834. The van der Waals surface area contributed by atoms with Crippen LogP contribution in [-0.2, 0) is 9.59 Å². The summed E-state index contributed by atoms with van der Waals surface area (Å²) in [7, 11) is 4.68. The molecule has 10 nitrogen and oxygen atoms in total. The number of furan rings is 1. The molecule has 4 rings (SSSR count). The summed E-state index contributed by atoms with van der Waals surface area (Å²) in [5.74, 6) is -1.56. The van der Waals surface area contributed by atoms with Crippen LogP contribution in [0.25, 0.3) is 11.0 Å². The summed E-state index contributed by atoms with van der Waals surface area (Å²) >= 11 is 5.90. The van der Waals surface area contributed by atoms with Crippen molar-refractivity contribution in [1.29, 1.82) is 0 Å². The molecule has 1 saturated carbocycles. The number of nitrogens with zero attached hydrogens (tertiary/aromatic N) is 4. The van der Waals surface area contributed by atoms with Crippen LogP contribution in [0.3, 0.4) is 0 Å². The maximum absolute atomic E-state index is 13.8. The summed E-state index contributed by atoms with van der Waals surface area (Å²) in [6, 6.07) is 7.81. The van der Waals surface area contributed by atoms with E-state index in [2.05, 4.69) is 10.3 Å². The van der Waals surface area contributed by atoms with Crippen LogP contribution in [0, 0.1) is 5.92 Å². The SMILES string of the molecule is CN(C)C(=O)c1ccc2oc(C(=O)Nc3ccc(Cl)cn3)c(N(C(=O)C3CCCCC3)N(C)C=O)c2c1. The molecule has 0 unspecified atom stereocenters. The number of hydrogen-bond acceptors (Lipinski definition) is 6. The molecule has 37 heavy (non-hydrogen) atoms. The number of nitrogens with one attached hydrogen (secondary N) is 1. The fraction of sp³-hybridized carbons (Fsp3) is 0.346. The van der Waals surface area contributed by atoms with E-state index < -0.39 is 5.91 Å². The summed E-state index contributed by atoms with van der Waals surface area (Å²) in [5.41, 5.74) is 0.699. The van der Waals surface area contributed by atoms with E-state index in [0.29, 0.717) is 35.2 Å². The Kier molecular flexibility index (Phi) is 7.77. The summed E-state index contributed by atoms with van der Waals surface area (Å²) in [4.78, 5) is 57.4. The van der Waals surface area contributed by atoms with Gasteiger partial charge in [0.2, 0.25) is 18.1 Å². The molecule has 0 radical (unpaired) electrons. The molecular weight excluding hydrogens is 498 g/mol. The minimum Gasteiger partial charge on any atom is -0.449 e. The Labute approximate surface area is 219 Å². The number of carbonyl (C=O) groups excluding carboxylic acids is 4. The van der Waals surface area contributed by atoms with Crippen LogP contribution in [0.1, 0.15) is 53.0 Å². The molecule has 1 N–H and O–H groups in total. The van der Waals surface area contributed by atoms with E-state index in [4.69, 9.17) is 16.0 Å². The molecule has 1 aliphatic carbocycles. The van der Waals surface area contributed by atoms with Gasteiger partial charge in [0.15, 0.2) is 0 Å². The van der Waals surface area contributed by atoms with Gasteiger partial charge in [-0.2, -0.15) is 0 Å². The van der Waals surface area contributed by atoms with Gasteiger partial charge in [-0.05, 0) is 43.2 Å². The molecule has 0 spiro atoms. The first-order valence-electron chi connectivity index (χ1n) is 11.9. The predicted octanol–water partition coefficient (Wildman–Crippen LogP) is 4.35. The highest BCUT2D eigenvalue weighted by molar-refractivity contribution is 6.30. The molecule has 2 aromatic heterocycles. The number of aromatic nitrogens is 1. The van der Waals surface area contributed by atoms with Crippen LogP contribution < -0.4 is 10.3 Å². The van der Waals surface area contributed by atoms with Crippen molar-refractivity contribution in [3.05, 3.63) is 52.9 Å². The number of fused-ring (bicyclic) bond motifs is 1. The number of hydrogen-bond donors (Lipinski definition) is 1. The van der Waals surface area contributed by atoms with Gasteiger partial charge in [0.25, 0.3) is 11.8 Å². The molecule has 1 fully saturated rings. The fourth-order valence-corrected chi connectivity index (χ4v) is 4.57. The van der Waals surface area contributed by atoms with Crippen molar-refractivity contribution < 1.29 is 23.6 Å². The van der Waals surface area contributed by atoms with E-state index in [9.17, 15) is 19.2 Å². The molecular formula is C26H28ClN5O5. The Balaban J connectivity index is 1.88. The van der Waals surface area contributed by atoms with Crippen molar-refractivity contribution >= 4 is 58.2 Å². The second-order valence-corrected chi connectivity index (χ2v) is 9.61. The highest BCUT2D eigenvalue weighted by atomic mass is 35.5. The van der Waals surface area contributed by atoms with Gasteiger partial charge in [0.1, 0.15) is 17.1 Å². The van der Waals surface area contributed by atoms with Gasteiger partial charge in [-0.15, -0.1) is 0 Å². The zero-order valence-electron chi connectivity index (χ0n) is 20.9. The van der Waals surface area contributed by atoms with Crippen LogP contribution in [0.5, 0.6) is 0 Å². The van der Waals surface area contributed by atoms with Crippen molar-refractivity contribution in [2.45, 2.75) is 32.1 Å². The second-order valence-electron chi connectivity index (χ2n) is 9.17. The number of rotatable bonds is 7. The van der Waals surface area contributed by atoms with Crippen LogP contribution in [0.4, 0.5) is 11.5 Å². The fourth-order valence-electron chi connectivity index (χ4n) is 4.46. The van der Waals surface area contributed by atoms with Crippen molar-refractivity contribution in [2.24, 2.45) is 5.92 Å². The summed E-state index contributed by atoms with van der Waals surface area (Å²) in [6.07, 6.45) is 6.08. The van der Waals surface area contributed by atoms with Gasteiger partial charge in [-0.1, -0.05) is 30.9 Å². The third kappa shape index (κ3) is 5.43. The van der Waals surface area contributed by atoms with Gasteiger partial charge in [0.05, 0.1) is 5.02 Å². The van der Waals surface area contributed by atoms with Crippen LogP contribution >= 0.6 is 11.6 Å². The predicted molar refractivity (Wildman–Crippen MR) is 139 cm³/mol. The van der Waals surface area contributed by atoms with Crippen molar-refractivity contribution in [1.82, 2.24) is 14.9 Å². The first kappa shape index (κ1) is 26.2. The zero-order chi connectivity index (χ0) is 26.7. The number of halogens is 1. The largest absolute Gasteiger partial charge is 0.449 e. The summed E-state index contributed by atoms with van der Waals surface area (Å²) < 4.78 is 5.94. The zero-order valence-corrected chi connectivity index (χ0v) is 21.6. The standard InChI is InChI=1S/C26H28ClN5O5/c1-30(2)25(35)17-9-11-20-19(13-17)22(23(37-20)24(34)29-21-12-10-18(27)14-28-21)32(31(3)15-33)26(36)16-7-5-4-6-8-16/h9-16H,4-8H2,1-3H3,(H,28,29,34). The van der Waals surface area contributed by atoms with E-state index in [0.717, 1.165) is 24.3 Å². The van der Waals surface area contributed by atoms with E-state index in [1.165, 1.54) is 29.2 Å². The van der Waals surface area contributed by atoms with Crippen molar-refractivity contribution in [2.75, 3.05) is 31.5 Å². The summed E-state index contributed by atoms with van der Waals surface area (Å²) in [6.45, 7) is 0. The average Bonchev–Trinajstić information content (AvgIpc) is 3.28. The number of hydrazine groups is 1. The third-order valence-corrected chi connectivity index (χ3v) is 6.56. The molecule has 0 bridgehead atoms. The number of carbonyl (C=O) groups is 4. The highest BCUT2D eigenvalue weighted by Gasteiger charge is 2.35. The van der Waals surface area contributed by atoms with Gasteiger partial charge in [-0.25, -0.2) is 9.99 Å². The topological polar surface area (TPSA) is 116 Å². The lowest BCUT2D eigenvalue weighted by atomic mass is 9.88. The first-order valence-corrected chi connectivity index (χ1v) is 12.3.